The summed E-state index contributed by atoms with van der Waals surface area (Å²) in [5, 5.41) is 1.24. The maximum absolute atomic E-state index is 5.86. The topological polar surface area (TPSA) is 63.9 Å². The molecule has 0 saturated carbocycles. The Kier molecular flexibility index (Phi) is 4.14. The summed E-state index contributed by atoms with van der Waals surface area (Å²) in [4.78, 5) is 7.83. The van der Waals surface area contributed by atoms with Gasteiger partial charge in [0.2, 0.25) is 0 Å². The van der Waals surface area contributed by atoms with E-state index in [9.17, 15) is 0 Å². The van der Waals surface area contributed by atoms with Crippen molar-refractivity contribution in [3.63, 3.8) is 0 Å². The largest absolute Gasteiger partial charge is 0.494 e. The Balaban J connectivity index is 2.21. The van der Waals surface area contributed by atoms with Crippen molar-refractivity contribution in [1.82, 2.24) is 9.97 Å². The molecule has 98 valence electrons. The van der Waals surface area contributed by atoms with Crippen LogP contribution in [0.1, 0.15) is 20.8 Å². The second-order valence-electron chi connectivity index (χ2n) is 4.34. The lowest BCUT2D eigenvalue weighted by atomic mass is 10.3. The molecule has 1 aromatic carbocycles. The van der Waals surface area contributed by atoms with Crippen LogP contribution in [0.2, 0.25) is 0 Å². The normalized spacial score (nSPS) is 14.7. The number of hydrogen-bond acceptors (Lipinski definition) is 4. The van der Waals surface area contributed by atoms with Gasteiger partial charge in [-0.15, -0.1) is 0 Å². The average molecular weight is 265 g/mol. The smallest absolute Gasteiger partial charge is 0.166 e. The fourth-order valence-corrected chi connectivity index (χ4v) is 2.45. The van der Waals surface area contributed by atoms with E-state index in [1.165, 1.54) is 0 Å². The molecule has 2 unspecified atom stereocenters. The van der Waals surface area contributed by atoms with E-state index < -0.39 is 0 Å². The van der Waals surface area contributed by atoms with Gasteiger partial charge in [-0.1, -0.05) is 18.7 Å². The summed E-state index contributed by atoms with van der Waals surface area (Å²) in [6.45, 7) is 6.76. The molecule has 0 aliphatic carbocycles. The Morgan fingerprint density at radius 1 is 1.44 bits per heavy atom. The van der Waals surface area contributed by atoms with Crippen LogP contribution >= 0.6 is 11.8 Å². The molecule has 0 aliphatic heterocycles. The Morgan fingerprint density at radius 2 is 2.22 bits per heavy atom. The van der Waals surface area contributed by atoms with Crippen molar-refractivity contribution in [2.75, 3.05) is 6.61 Å². The second-order valence-corrected chi connectivity index (χ2v) is 5.70. The fourth-order valence-electron chi connectivity index (χ4n) is 1.56. The van der Waals surface area contributed by atoms with Crippen LogP contribution in [-0.4, -0.2) is 27.9 Å². The summed E-state index contributed by atoms with van der Waals surface area (Å²) in [5.41, 5.74) is 7.82. The zero-order valence-corrected chi connectivity index (χ0v) is 11.8. The SMILES string of the molecule is CCOc1ccc2nc(SC(C)C(C)N)[nH]c2c1. The van der Waals surface area contributed by atoms with Gasteiger partial charge in [-0.3, -0.25) is 0 Å². The highest BCUT2D eigenvalue weighted by Crippen LogP contribution is 2.26. The molecule has 5 heteroatoms. The highest BCUT2D eigenvalue weighted by molar-refractivity contribution is 7.99. The Labute approximate surface area is 111 Å². The first-order valence-electron chi connectivity index (χ1n) is 6.15. The maximum Gasteiger partial charge on any atom is 0.166 e. The summed E-state index contributed by atoms with van der Waals surface area (Å²) in [6.07, 6.45) is 0. The minimum atomic E-state index is 0.141. The van der Waals surface area contributed by atoms with Crippen molar-refractivity contribution >= 4 is 22.8 Å². The minimum Gasteiger partial charge on any atom is -0.494 e. The standard InChI is InChI=1S/C13H19N3OS/c1-4-17-10-5-6-11-12(7-10)16-13(15-11)18-9(3)8(2)14/h5-9H,4,14H2,1-3H3,(H,15,16). The summed E-state index contributed by atoms with van der Waals surface area (Å²) < 4.78 is 5.47. The number of nitrogens with zero attached hydrogens (tertiary/aromatic N) is 1. The van der Waals surface area contributed by atoms with Crippen molar-refractivity contribution in [1.29, 1.82) is 0 Å². The molecule has 18 heavy (non-hydrogen) atoms. The van der Waals surface area contributed by atoms with Crippen molar-refractivity contribution in [3.05, 3.63) is 18.2 Å². The molecule has 0 fully saturated rings. The zero-order valence-electron chi connectivity index (χ0n) is 10.9. The molecule has 0 bridgehead atoms. The van der Waals surface area contributed by atoms with Crippen LogP contribution in [0.4, 0.5) is 0 Å². The monoisotopic (exact) mass is 265 g/mol. The number of thioether (sulfide) groups is 1. The van der Waals surface area contributed by atoms with E-state index in [1.807, 2.05) is 32.0 Å². The van der Waals surface area contributed by atoms with Crippen LogP contribution < -0.4 is 10.5 Å². The van der Waals surface area contributed by atoms with Gasteiger partial charge >= 0.3 is 0 Å². The number of aromatic nitrogens is 2. The number of H-pyrrole nitrogens is 1. The van der Waals surface area contributed by atoms with E-state index in [0.29, 0.717) is 11.9 Å². The van der Waals surface area contributed by atoms with Gasteiger partial charge in [0.25, 0.3) is 0 Å². The Bertz CT molecular complexity index is 524. The van der Waals surface area contributed by atoms with Gasteiger partial charge in [0.05, 0.1) is 17.6 Å². The first-order chi connectivity index (χ1) is 8.60. The molecule has 1 aromatic heterocycles. The summed E-state index contributed by atoms with van der Waals surface area (Å²) in [5.74, 6) is 0.866. The predicted octanol–water partition coefficient (Wildman–Crippen LogP) is 2.79. The molecule has 0 amide bonds. The number of imidazole rings is 1. The van der Waals surface area contributed by atoms with Crippen LogP contribution in [-0.2, 0) is 0 Å². The number of nitrogens with one attached hydrogen (secondary N) is 1. The number of ether oxygens (including phenoxy) is 1. The van der Waals surface area contributed by atoms with Crippen LogP contribution in [0.5, 0.6) is 5.75 Å². The molecule has 4 nitrogen and oxygen atoms in total. The van der Waals surface area contributed by atoms with Gasteiger partial charge in [-0.2, -0.15) is 0 Å². The minimum absolute atomic E-state index is 0.141. The molecule has 2 atom stereocenters. The molecule has 0 aliphatic rings. The molecular weight excluding hydrogens is 246 g/mol. The van der Waals surface area contributed by atoms with Gasteiger partial charge in [0, 0.05) is 17.4 Å². The van der Waals surface area contributed by atoms with Gasteiger partial charge in [-0.05, 0) is 26.0 Å². The van der Waals surface area contributed by atoms with Crippen LogP contribution in [0.3, 0.4) is 0 Å². The number of hydrogen-bond donors (Lipinski definition) is 2. The predicted molar refractivity (Wildman–Crippen MR) is 76.2 cm³/mol. The Hall–Kier alpha value is -1.20. The molecule has 1 heterocycles. The molecule has 2 rings (SSSR count). The highest BCUT2D eigenvalue weighted by Gasteiger charge is 2.12. The lowest BCUT2D eigenvalue weighted by Crippen LogP contribution is -2.26. The van der Waals surface area contributed by atoms with E-state index in [2.05, 4.69) is 16.9 Å². The first kappa shape index (κ1) is 13.2. The lowest BCUT2D eigenvalue weighted by molar-refractivity contribution is 0.340. The molecule has 2 aromatic rings. The number of rotatable bonds is 5. The lowest BCUT2D eigenvalue weighted by Gasteiger charge is -2.12. The van der Waals surface area contributed by atoms with Crippen molar-refractivity contribution < 1.29 is 4.74 Å². The van der Waals surface area contributed by atoms with Gasteiger partial charge < -0.3 is 15.5 Å². The van der Waals surface area contributed by atoms with E-state index >= 15 is 0 Å². The van der Waals surface area contributed by atoms with Gasteiger partial charge in [-0.25, -0.2) is 4.98 Å². The summed E-state index contributed by atoms with van der Waals surface area (Å²) in [7, 11) is 0. The first-order valence-corrected chi connectivity index (χ1v) is 7.03. The average Bonchev–Trinajstić information content (AvgIpc) is 2.70. The summed E-state index contributed by atoms with van der Waals surface area (Å²) >= 11 is 1.66. The number of aromatic amines is 1. The highest BCUT2D eigenvalue weighted by atomic mass is 32.2. The number of nitrogens with two attached hydrogens (primary N) is 1. The van der Waals surface area contributed by atoms with Crippen LogP contribution in [0.25, 0.3) is 11.0 Å². The van der Waals surface area contributed by atoms with E-state index in [4.69, 9.17) is 10.5 Å². The van der Waals surface area contributed by atoms with Crippen molar-refractivity contribution in [3.8, 4) is 5.75 Å². The van der Waals surface area contributed by atoms with E-state index in [0.717, 1.165) is 21.9 Å². The van der Waals surface area contributed by atoms with Crippen LogP contribution in [0, 0.1) is 0 Å². The van der Waals surface area contributed by atoms with Gasteiger partial charge in [0.1, 0.15) is 5.75 Å². The summed E-state index contributed by atoms with van der Waals surface area (Å²) in [6, 6.07) is 6.03. The second kappa shape index (κ2) is 5.63. The third-order valence-corrected chi connectivity index (χ3v) is 4.00. The van der Waals surface area contributed by atoms with Crippen LogP contribution in [0.15, 0.2) is 23.4 Å². The fraction of sp³-hybridized carbons (Fsp3) is 0.462. The van der Waals surface area contributed by atoms with Crippen molar-refractivity contribution in [2.45, 2.75) is 37.2 Å². The zero-order chi connectivity index (χ0) is 13.1. The molecule has 0 radical (unpaired) electrons. The Morgan fingerprint density at radius 3 is 2.89 bits per heavy atom. The number of benzene rings is 1. The van der Waals surface area contributed by atoms with Gasteiger partial charge in [0.15, 0.2) is 5.16 Å². The van der Waals surface area contributed by atoms with E-state index in [1.54, 1.807) is 11.8 Å². The maximum atomic E-state index is 5.86. The molecular formula is C13H19N3OS. The van der Waals surface area contributed by atoms with E-state index in [-0.39, 0.29) is 6.04 Å². The third-order valence-electron chi connectivity index (χ3n) is 2.78. The number of fused-ring (bicyclic) bond motifs is 1. The molecule has 0 saturated heterocycles. The van der Waals surface area contributed by atoms with Crippen molar-refractivity contribution in [2.24, 2.45) is 5.73 Å². The molecule has 3 N–H and O–H groups in total. The molecule has 0 spiro atoms. The third kappa shape index (κ3) is 2.97. The quantitative estimate of drug-likeness (QED) is 0.816.